The number of nitrogens with zero attached hydrogens (tertiary/aromatic N) is 2. The molecule has 0 radical (unpaired) electrons. The van der Waals surface area contributed by atoms with Gasteiger partial charge in [0.15, 0.2) is 0 Å². The maximum Gasteiger partial charge on any atom is 0.256 e. The Morgan fingerprint density at radius 3 is 2.48 bits per heavy atom. The Labute approximate surface area is 124 Å². The van der Waals surface area contributed by atoms with E-state index in [1.54, 1.807) is 12.1 Å². The molecule has 21 heavy (non-hydrogen) atoms. The van der Waals surface area contributed by atoms with Gasteiger partial charge in [0.2, 0.25) is 0 Å². The summed E-state index contributed by atoms with van der Waals surface area (Å²) < 4.78 is 0. The molecule has 0 bridgehead atoms. The van der Waals surface area contributed by atoms with Gasteiger partial charge in [0.25, 0.3) is 5.91 Å². The summed E-state index contributed by atoms with van der Waals surface area (Å²) in [5.41, 5.74) is 9.86. The Hall–Kier alpha value is -2.56. The molecule has 3 N–H and O–H groups in total. The highest BCUT2D eigenvalue weighted by molar-refractivity contribution is 6.04. The third-order valence-electron chi connectivity index (χ3n) is 3.11. The minimum absolute atomic E-state index is 0.218. The SMILES string of the molecule is Cc1cc(C)nc(NC(=O)c2ccc(N(C)C)c(N)c2)c1. The Morgan fingerprint density at radius 2 is 1.90 bits per heavy atom. The number of pyridine rings is 1. The van der Waals surface area contributed by atoms with E-state index in [-0.39, 0.29) is 5.91 Å². The molecule has 110 valence electrons. The Balaban J connectivity index is 2.22. The first-order valence-electron chi connectivity index (χ1n) is 6.70. The number of nitrogens with one attached hydrogen (secondary N) is 1. The monoisotopic (exact) mass is 284 g/mol. The van der Waals surface area contributed by atoms with Gasteiger partial charge in [-0.1, -0.05) is 0 Å². The summed E-state index contributed by atoms with van der Waals surface area (Å²) in [5, 5.41) is 2.80. The molecule has 0 aliphatic rings. The van der Waals surface area contributed by atoms with Crippen molar-refractivity contribution in [1.82, 2.24) is 4.98 Å². The number of amides is 1. The number of nitrogen functional groups attached to an aromatic ring is 1. The summed E-state index contributed by atoms with van der Waals surface area (Å²) in [6.07, 6.45) is 0. The molecule has 0 aliphatic heterocycles. The number of nitrogens with two attached hydrogens (primary N) is 1. The van der Waals surface area contributed by atoms with Gasteiger partial charge in [-0.3, -0.25) is 4.79 Å². The Morgan fingerprint density at radius 1 is 1.19 bits per heavy atom. The predicted molar refractivity (Wildman–Crippen MR) is 86.8 cm³/mol. The van der Waals surface area contributed by atoms with Gasteiger partial charge in [-0.2, -0.15) is 0 Å². The number of aromatic nitrogens is 1. The lowest BCUT2D eigenvalue weighted by Gasteiger charge is -2.16. The number of hydrogen-bond acceptors (Lipinski definition) is 4. The van der Waals surface area contributed by atoms with Crippen LogP contribution in [0.5, 0.6) is 0 Å². The zero-order valence-corrected chi connectivity index (χ0v) is 12.8. The number of rotatable bonds is 3. The van der Waals surface area contributed by atoms with E-state index < -0.39 is 0 Å². The maximum absolute atomic E-state index is 12.2. The molecule has 1 aromatic carbocycles. The van der Waals surface area contributed by atoms with Crippen LogP contribution in [0.1, 0.15) is 21.6 Å². The summed E-state index contributed by atoms with van der Waals surface area (Å²) >= 11 is 0. The minimum atomic E-state index is -0.218. The maximum atomic E-state index is 12.2. The molecule has 1 heterocycles. The van der Waals surface area contributed by atoms with Gasteiger partial charge in [0.1, 0.15) is 5.82 Å². The van der Waals surface area contributed by atoms with Crippen molar-refractivity contribution in [2.24, 2.45) is 0 Å². The second kappa shape index (κ2) is 5.83. The van der Waals surface area contributed by atoms with E-state index in [1.807, 2.05) is 51.0 Å². The number of hydrogen-bond donors (Lipinski definition) is 2. The van der Waals surface area contributed by atoms with Crippen molar-refractivity contribution < 1.29 is 4.79 Å². The van der Waals surface area contributed by atoms with E-state index in [4.69, 9.17) is 5.73 Å². The number of aryl methyl sites for hydroxylation is 2. The van der Waals surface area contributed by atoms with E-state index in [0.717, 1.165) is 16.9 Å². The molecule has 5 heteroatoms. The van der Waals surface area contributed by atoms with Crippen LogP contribution in [-0.4, -0.2) is 25.0 Å². The van der Waals surface area contributed by atoms with Gasteiger partial charge in [0.05, 0.1) is 11.4 Å². The number of carbonyl (C=O) groups excluding carboxylic acids is 1. The largest absolute Gasteiger partial charge is 0.397 e. The Bertz CT molecular complexity index is 660. The lowest BCUT2D eigenvalue weighted by Crippen LogP contribution is -2.15. The highest BCUT2D eigenvalue weighted by Gasteiger charge is 2.10. The van der Waals surface area contributed by atoms with Crippen LogP contribution in [0, 0.1) is 13.8 Å². The average molecular weight is 284 g/mol. The van der Waals surface area contributed by atoms with Crippen LogP contribution in [0.4, 0.5) is 17.2 Å². The van der Waals surface area contributed by atoms with Gasteiger partial charge < -0.3 is 16.0 Å². The predicted octanol–water partition coefficient (Wildman–Crippen LogP) is 2.60. The minimum Gasteiger partial charge on any atom is -0.397 e. The quantitative estimate of drug-likeness (QED) is 0.850. The van der Waals surface area contributed by atoms with Crippen molar-refractivity contribution in [3.63, 3.8) is 0 Å². The van der Waals surface area contributed by atoms with Crippen molar-refractivity contribution in [2.75, 3.05) is 30.0 Å². The van der Waals surface area contributed by atoms with Crippen LogP contribution < -0.4 is 16.0 Å². The summed E-state index contributed by atoms with van der Waals surface area (Å²) in [7, 11) is 3.82. The number of benzene rings is 1. The third-order valence-corrected chi connectivity index (χ3v) is 3.11. The second-order valence-corrected chi connectivity index (χ2v) is 5.29. The Kier molecular flexibility index (Phi) is 4.12. The van der Waals surface area contributed by atoms with Crippen molar-refractivity contribution in [2.45, 2.75) is 13.8 Å². The van der Waals surface area contributed by atoms with E-state index in [1.165, 1.54) is 0 Å². The van der Waals surface area contributed by atoms with Crippen molar-refractivity contribution in [1.29, 1.82) is 0 Å². The van der Waals surface area contributed by atoms with Gasteiger partial charge in [-0.15, -0.1) is 0 Å². The molecule has 0 fully saturated rings. The second-order valence-electron chi connectivity index (χ2n) is 5.29. The molecule has 5 nitrogen and oxygen atoms in total. The van der Waals surface area contributed by atoms with Gasteiger partial charge in [-0.05, 0) is 49.7 Å². The van der Waals surface area contributed by atoms with E-state index >= 15 is 0 Å². The fourth-order valence-electron chi connectivity index (χ4n) is 2.20. The number of anilines is 3. The summed E-state index contributed by atoms with van der Waals surface area (Å²) in [5.74, 6) is 0.331. The lowest BCUT2D eigenvalue weighted by atomic mass is 10.1. The molecule has 1 aromatic heterocycles. The fraction of sp³-hybridized carbons (Fsp3) is 0.250. The van der Waals surface area contributed by atoms with Crippen molar-refractivity contribution in [3.05, 3.63) is 47.2 Å². The fourth-order valence-corrected chi connectivity index (χ4v) is 2.20. The zero-order chi connectivity index (χ0) is 15.6. The van der Waals surface area contributed by atoms with E-state index in [0.29, 0.717) is 17.1 Å². The van der Waals surface area contributed by atoms with Crippen LogP contribution in [-0.2, 0) is 0 Å². The molecule has 0 saturated carbocycles. The van der Waals surface area contributed by atoms with Gasteiger partial charge in [0, 0.05) is 25.4 Å². The van der Waals surface area contributed by atoms with Gasteiger partial charge in [-0.25, -0.2) is 4.98 Å². The van der Waals surface area contributed by atoms with E-state index in [2.05, 4.69) is 10.3 Å². The van der Waals surface area contributed by atoms with Crippen LogP contribution in [0.2, 0.25) is 0 Å². The molecule has 2 aromatic rings. The van der Waals surface area contributed by atoms with Crippen LogP contribution in [0.25, 0.3) is 0 Å². The van der Waals surface area contributed by atoms with E-state index in [9.17, 15) is 4.79 Å². The molecular formula is C16H20N4O. The molecule has 2 rings (SSSR count). The number of carbonyl (C=O) groups is 1. The zero-order valence-electron chi connectivity index (χ0n) is 12.8. The molecule has 0 unspecified atom stereocenters. The smallest absolute Gasteiger partial charge is 0.256 e. The summed E-state index contributed by atoms with van der Waals surface area (Å²) in [6, 6.07) is 9.05. The molecular weight excluding hydrogens is 264 g/mol. The van der Waals surface area contributed by atoms with Crippen LogP contribution >= 0.6 is 0 Å². The normalized spacial score (nSPS) is 10.3. The summed E-state index contributed by atoms with van der Waals surface area (Å²) in [6.45, 7) is 3.86. The molecule has 0 saturated heterocycles. The van der Waals surface area contributed by atoms with Crippen molar-refractivity contribution >= 4 is 23.1 Å². The first-order chi connectivity index (χ1) is 9.86. The molecule has 0 spiro atoms. The lowest BCUT2D eigenvalue weighted by molar-refractivity contribution is 0.102. The van der Waals surface area contributed by atoms with Crippen LogP contribution in [0.15, 0.2) is 30.3 Å². The highest BCUT2D eigenvalue weighted by Crippen LogP contribution is 2.22. The first kappa shape index (κ1) is 14.8. The molecule has 1 amide bonds. The highest BCUT2D eigenvalue weighted by atomic mass is 16.1. The summed E-state index contributed by atoms with van der Waals surface area (Å²) in [4.78, 5) is 18.5. The van der Waals surface area contributed by atoms with Gasteiger partial charge >= 0.3 is 0 Å². The topological polar surface area (TPSA) is 71.2 Å². The average Bonchev–Trinajstić information content (AvgIpc) is 2.36. The van der Waals surface area contributed by atoms with Crippen molar-refractivity contribution in [3.8, 4) is 0 Å². The molecule has 0 atom stereocenters. The standard InChI is InChI=1S/C16H20N4O/c1-10-7-11(2)18-15(8-10)19-16(21)12-5-6-14(20(3)4)13(17)9-12/h5-9H,17H2,1-4H3,(H,18,19,21). The molecule has 0 aliphatic carbocycles. The first-order valence-corrected chi connectivity index (χ1v) is 6.70. The third kappa shape index (κ3) is 3.51. The van der Waals surface area contributed by atoms with Crippen LogP contribution in [0.3, 0.4) is 0 Å².